The molecule has 9 unspecified atom stereocenters. The SMILES string of the molecule is OCC1OC(OC2C(O)COC(O)(CNCCC3CC3)C2O)C(O)C(O)C1O. The van der Waals surface area contributed by atoms with Gasteiger partial charge in [0, 0.05) is 0 Å². The van der Waals surface area contributed by atoms with Crippen LogP contribution < -0.4 is 5.32 Å². The molecule has 1 aliphatic carbocycles. The molecule has 28 heavy (non-hydrogen) atoms. The van der Waals surface area contributed by atoms with Crippen LogP contribution in [0.15, 0.2) is 0 Å². The molecule has 3 fully saturated rings. The molecule has 0 aromatic heterocycles. The van der Waals surface area contributed by atoms with Gasteiger partial charge in [-0.25, -0.2) is 0 Å². The molecule has 2 aliphatic heterocycles. The lowest BCUT2D eigenvalue weighted by atomic mass is 9.95. The second kappa shape index (κ2) is 9.14. The standard InChI is InChI=1S/C17H31NO10/c19-5-10-11(21)12(22)13(23)16(27-10)28-14-9(20)6-26-17(25,15(14)24)7-18-4-3-8-1-2-8/h8-16,18-25H,1-7H2. The summed E-state index contributed by atoms with van der Waals surface area (Å²) in [5.41, 5.74) is 0. The molecule has 0 aromatic rings. The van der Waals surface area contributed by atoms with Gasteiger partial charge in [-0.2, -0.15) is 0 Å². The van der Waals surface area contributed by atoms with Gasteiger partial charge >= 0.3 is 0 Å². The quantitative estimate of drug-likeness (QED) is 0.183. The summed E-state index contributed by atoms with van der Waals surface area (Å²) in [7, 11) is 0. The number of hydrogen-bond donors (Lipinski definition) is 8. The Morgan fingerprint density at radius 2 is 1.75 bits per heavy atom. The topological polar surface area (TPSA) is 181 Å². The third-order valence-electron chi connectivity index (χ3n) is 5.60. The maximum absolute atomic E-state index is 10.6. The van der Waals surface area contributed by atoms with E-state index in [2.05, 4.69) is 5.32 Å². The monoisotopic (exact) mass is 409 g/mol. The fraction of sp³-hybridized carbons (Fsp3) is 1.00. The van der Waals surface area contributed by atoms with Crippen LogP contribution >= 0.6 is 0 Å². The van der Waals surface area contributed by atoms with E-state index in [9.17, 15) is 35.7 Å². The predicted octanol–water partition coefficient (Wildman–Crippen LogP) is -4.00. The van der Waals surface area contributed by atoms with Gasteiger partial charge in [-0.3, -0.25) is 0 Å². The molecular weight excluding hydrogens is 378 g/mol. The van der Waals surface area contributed by atoms with Gasteiger partial charge in [-0.05, 0) is 18.9 Å². The molecule has 0 amide bonds. The van der Waals surface area contributed by atoms with Crippen LogP contribution in [-0.4, -0.2) is 117 Å². The number of hydrogen-bond acceptors (Lipinski definition) is 11. The fourth-order valence-electron chi connectivity index (χ4n) is 3.51. The molecule has 11 heteroatoms. The minimum absolute atomic E-state index is 0.0951. The van der Waals surface area contributed by atoms with E-state index in [0.717, 1.165) is 6.42 Å². The van der Waals surface area contributed by atoms with E-state index in [4.69, 9.17) is 14.2 Å². The second-order valence-corrected chi connectivity index (χ2v) is 7.87. The van der Waals surface area contributed by atoms with E-state index < -0.39 is 61.4 Å². The van der Waals surface area contributed by atoms with Crippen LogP contribution in [0.5, 0.6) is 0 Å². The maximum Gasteiger partial charge on any atom is 0.207 e. The molecule has 11 nitrogen and oxygen atoms in total. The van der Waals surface area contributed by atoms with Crippen LogP contribution in [0.25, 0.3) is 0 Å². The first-order chi connectivity index (χ1) is 13.3. The van der Waals surface area contributed by atoms with E-state index >= 15 is 0 Å². The largest absolute Gasteiger partial charge is 0.394 e. The Bertz CT molecular complexity index is 506. The summed E-state index contributed by atoms with van der Waals surface area (Å²) in [5.74, 6) is -1.33. The number of nitrogens with one attached hydrogen (secondary N) is 1. The molecule has 0 bridgehead atoms. The number of aliphatic hydroxyl groups is 7. The second-order valence-electron chi connectivity index (χ2n) is 7.87. The fourth-order valence-corrected chi connectivity index (χ4v) is 3.51. The highest BCUT2D eigenvalue weighted by Crippen LogP contribution is 2.32. The van der Waals surface area contributed by atoms with E-state index in [-0.39, 0.29) is 13.2 Å². The minimum Gasteiger partial charge on any atom is -0.394 e. The van der Waals surface area contributed by atoms with Crippen molar-refractivity contribution in [3.63, 3.8) is 0 Å². The minimum atomic E-state index is -2.03. The number of aliphatic hydroxyl groups excluding tert-OH is 6. The van der Waals surface area contributed by atoms with Gasteiger partial charge in [0.05, 0.1) is 19.8 Å². The lowest BCUT2D eigenvalue weighted by Gasteiger charge is -2.46. The molecular formula is C17H31NO10. The number of ether oxygens (including phenoxy) is 3. The third-order valence-corrected chi connectivity index (χ3v) is 5.60. The van der Waals surface area contributed by atoms with Crippen molar-refractivity contribution in [2.24, 2.45) is 5.92 Å². The van der Waals surface area contributed by atoms with Crippen LogP contribution in [0.4, 0.5) is 0 Å². The zero-order valence-electron chi connectivity index (χ0n) is 15.5. The predicted molar refractivity (Wildman–Crippen MR) is 91.8 cm³/mol. The van der Waals surface area contributed by atoms with Crippen molar-refractivity contribution < 1.29 is 50.0 Å². The summed E-state index contributed by atoms with van der Waals surface area (Å²) < 4.78 is 15.9. The highest BCUT2D eigenvalue weighted by molar-refractivity contribution is 4.96. The first-order valence-electron chi connectivity index (χ1n) is 9.66. The Labute approximate surface area is 162 Å². The number of rotatable bonds is 8. The molecule has 3 rings (SSSR count). The Morgan fingerprint density at radius 1 is 1.04 bits per heavy atom. The van der Waals surface area contributed by atoms with Crippen LogP contribution in [0.1, 0.15) is 19.3 Å². The van der Waals surface area contributed by atoms with Crippen LogP contribution in [0, 0.1) is 5.92 Å². The Kier molecular flexibility index (Phi) is 7.27. The average Bonchev–Trinajstić information content (AvgIpc) is 3.50. The van der Waals surface area contributed by atoms with Crippen LogP contribution in [-0.2, 0) is 14.2 Å². The molecule has 2 saturated heterocycles. The van der Waals surface area contributed by atoms with Gasteiger partial charge < -0.3 is 55.3 Å². The van der Waals surface area contributed by atoms with Crippen molar-refractivity contribution in [3.8, 4) is 0 Å². The molecule has 0 spiro atoms. The first kappa shape index (κ1) is 22.2. The lowest BCUT2D eigenvalue weighted by Crippen LogP contribution is -2.67. The summed E-state index contributed by atoms with van der Waals surface area (Å²) >= 11 is 0. The summed E-state index contributed by atoms with van der Waals surface area (Å²) in [5, 5.41) is 73.3. The zero-order chi connectivity index (χ0) is 20.5. The zero-order valence-corrected chi connectivity index (χ0v) is 15.5. The normalized spacial score (nSPS) is 47.2. The van der Waals surface area contributed by atoms with Crippen molar-refractivity contribution >= 4 is 0 Å². The van der Waals surface area contributed by atoms with E-state index in [1.54, 1.807) is 0 Å². The smallest absolute Gasteiger partial charge is 0.207 e. The third kappa shape index (κ3) is 4.82. The summed E-state index contributed by atoms with van der Waals surface area (Å²) in [6.07, 6.45) is -8.71. The molecule has 9 atom stereocenters. The van der Waals surface area contributed by atoms with E-state index in [1.807, 2.05) is 0 Å². The van der Waals surface area contributed by atoms with Gasteiger partial charge in [-0.15, -0.1) is 0 Å². The van der Waals surface area contributed by atoms with Crippen molar-refractivity contribution in [3.05, 3.63) is 0 Å². The summed E-state index contributed by atoms with van der Waals surface area (Å²) in [6, 6.07) is 0. The van der Waals surface area contributed by atoms with E-state index in [1.165, 1.54) is 12.8 Å². The van der Waals surface area contributed by atoms with Crippen LogP contribution in [0.2, 0.25) is 0 Å². The first-order valence-corrected chi connectivity index (χ1v) is 9.66. The highest BCUT2D eigenvalue weighted by Gasteiger charge is 2.52. The Balaban J connectivity index is 1.60. The van der Waals surface area contributed by atoms with Crippen molar-refractivity contribution in [1.29, 1.82) is 0 Å². The molecule has 1 saturated carbocycles. The molecule has 3 aliphatic rings. The van der Waals surface area contributed by atoms with Crippen LogP contribution in [0.3, 0.4) is 0 Å². The summed E-state index contributed by atoms with van der Waals surface area (Å²) in [6.45, 7) is -0.426. The summed E-state index contributed by atoms with van der Waals surface area (Å²) in [4.78, 5) is 0. The van der Waals surface area contributed by atoms with Gasteiger partial charge in [0.2, 0.25) is 5.79 Å². The highest BCUT2D eigenvalue weighted by atomic mass is 16.7. The Hall–Kier alpha value is -0.440. The Morgan fingerprint density at radius 3 is 2.39 bits per heavy atom. The molecule has 2 heterocycles. The lowest BCUT2D eigenvalue weighted by molar-refractivity contribution is -0.367. The van der Waals surface area contributed by atoms with E-state index in [0.29, 0.717) is 12.5 Å². The maximum atomic E-state index is 10.6. The molecule has 8 N–H and O–H groups in total. The van der Waals surface area contributed by atoms with Crippen molar-refractivity contribution in [1.82, 2.24) is 5.32 Å². The van der Waals surface area contributed by atoms with Gasteiger partial charge in [0.1, 0.15) is 42.7 Å². The van der Waals surface area contributed by atoms with Gasteiger partial charge in [0.15, 0.2) is 6.29 Å². The van der Waals surface area contributed by atoms with Gasteiger partial charge in [-0.1, -0.05) is 12.8 Å². The van der Waals surface area contributed by atoms with Gasteiger partial charge in [0.25, 0.3) is 0 Å². The van der Waals surface area contributed by atoms with Crippen molar-refractivity contribution in [2.75, 3.05) is 26.3 Å². The average molecular weight is 409 g/mol. The molecule has 164 valence electrons. The molecule has 0 radical (unpaired) electrons. The molecule has 0 aromatic carbocycles. The van der Waals surface area contributed by atoms with Crippen molar-refractivity contribution in [2.45, 2.75) is 74.1 Å².